The van der Waals surface area contributed by atoms with Crippen LogP contribution in [0.15, 0.2) is 48.7 Å². The average Bonchev–Trinajstić information content (AvgIpc) is 2.56. The SMILES string of the molecule is CC(NC(=O)CCCc1ccccn1)C(O)c1ccc(Cl)cc1. The summed E-state index contributed by atoms with van der Waals surface area (Å²) >= 11 is 5.83. The molecule has 0 aliphatic rings. The van der Waals surface area contributed by atoms with Crippen molar-refractivity contribution in [3.05, 3.63) is 64.9 Å². The Morgan fingerprint density at radius 1 is 1.26 bits per heavy atom. The third-order valence-corrected chi connectivity index (χ3v) is 3.89. The molecule has 0 saturated carbocycles. The molecule has 122 valence electrons. The van der Waals surface area contributed by atoms with Gasteiger partial charge in [0.15, 0.2) is 0 Å². The Kier molecular flexibility index (Phi) is 6.56. The lowest BCUT2D eigenvalue weighted by molar-refractivity contribution is -0.122. The number of rotatable bonds is 7. The second-order valence-electron chi connectivity index (χ2n) is 5.53. The highest BCUT2D eigenvalue weighted by Crippen LogP contribution is 2.19. The molecule has 2 unspecified atom stereocenters. The van der Waals surface area contributed by atoms with Crippen LogP contribution >= 0.6 is 11.6 Å². The zero-order chi connectivity index (χ0) is 16.7. The van der Waals surface area contributed by atoms with Crippen LogP contribution in [0.5, 0.6) is 0 Å². The van der Waals surface area contributed by atoms with Crippen LogP contribution in [0.3, 0.4) is 0 Å². The van der Waals surface area contributed by atoms with Gasteiger partial charge in [0.25, 0.3) is 0 Å². The standard InChI is InChI=1S/C18H21ClN2O2/c1-13(18(23)14-8-10-15(19)11-9-14)21-17(22)7-4-6-16-5-2-3-12-20-16/h2-3,5,8-13,18,23H,4,6-7H2,1H3,(H,21,22). The molecule has 0 aliphatic carbocycles. The predicted octanol–water partition coefficient (Wildman–Crippen LogP) is 3.30. The maximum absolute atomic E-state index is 12.0. The van der Waals surface area contributed by atoms with Crippen molar-refractivity contribution in [1.82, 2.24) is 10.3 Å². The largest absolute Gasteiger partial charge is 0.386 e. The fourth-order valence-corrected chi connectivity index (χ4v) is 2.46. The van der Waals surface area contributed by atoms with Crippen molar-refractivity contribution in [3.63, 3.8) is 0 Å². The van der Waals surface area contributed by atoms with Crippen molar-refractivity contribution >= 4 is 17.5 Å². The molecule has 5 heteroatoms. The summed E-state index contributed by atoms with van der Waals surface area (Å²) in [5.74, 6) is -0.0681. The van der Waals surface area contributed by atoms with Crippen LogP contribution in [0.4, 0.5) is 0 Å². The molecule has 0 fully saturated rings. The number of hydrogen-bond donors (Lipinski definition) is 2. The van der Waals surface area contributed by atoms with Crippen LogP contribution in [0, 0.1) is 0 Å². The van der Waals surface area contributed by atoms with Gasteiger partial charge in [0.1, 0.15) is 0 Å². The predicted molar refractivity (Wildman–Crippen MR) is 91.2 cm³/mol. The Balaban J connectivity index is 1.76. The van der Waals surface area contributed by atoms with Crippen LogP contribution in [-0.2, 0) is 11.2 Å². The van der Waals surface area contributed by atoms with Crippen LogP contribution < -0.4 is 5.32 Å². The van der Waals surface area contributed by atoms with Crippen LogP contribution in [-0.4, -0.2) is 22.0 Å². The van der Waals surface area contributed by atoms with Crippen molar-refractivity contribution in [2.45, 2.75) is 38.3 Å². The van der Waals surface area contributed by atoms with Gasteiger partial charge in [-0.2, -0.15) is 0 Å². The lowest BCUT2D eigenvalue weighted by Crippen LogP contribution is -2.37. The molecule has 2 rings (SSSR count). The van der Waals surface area contributed by atoms with Crippen molar-refractivity contribution in [1.29, 1.82) is 0 Å². The van der Waals surface area contributed by atoms with E-state index in [1.165, 1.54) is 0 Å². The molecule has 2 aromatic rings. The van der Waals surface area contributed by atoms with Crippen molar-refractivity contribution in [3.8, 4) is 0 Å². The Bertz CT molecular complexity index is 617. The molecule has 0 saturated heterocycles. The van der Waals surface area contributed by atoms with Gasteiger partial charge in [0.05, 0.1) is 12.1 Å². The van der Waals surface area contributed by atoms with Gasteiger partial charge in [-0.05, 0) is 49.6 Å². The topological polar surface area (TPSA) is 62.2 Å². The van der Waals surface area contributed by atoms with E-state index >= 15 is 0 Å². The molecular formula is C18H21ClN2O2. The molecule has 23 heavy (non-hydrogen) atoms. The second-order valence-corrected chi connectivity index (χ2v) is 5.96. The van der Waals surface area contributed by atoms with E-state index < -0.39 is 6.10 Å². The fourth-order valence-electron chi connectivity index (χ4n) is 2.33. The lowest BCUT2D eigenvalue weighted by Gasteiger charge is -2.20. The normalized spacial score (nSPS) is 13.3. The summed E-state index contributed by atoms with van der Waals surface area (Å²) in [6.45, 7) is 1.79. The number of hydrogen-bond acceptors (Lipinski definition) is 3. The molecule has 1 aromatic heterocycles. The van der Waals surface area contributed by atoms with Crippen LogP contribution in [0.25, 0.3) is 0 Å². The molecule has 2 N–H and O–H groups in total. The molecule has 0 aliphatic heterocycles. The van der Waals surface area contributed by atoms with E-state index in [-0.39, 0.29) is 11.9 Å². The highest BCUT2D eigenvalue weighted by molar-refractivity contribution is 6.30. The number of aliphatic hydroxyl groups excluding tert-OH is 1. The van der Waals surface area contributed by atoms with Crippen molar-refractivity contribution in [2.75, 3.05) is 0 Å². The smallest absolute Gasteiger partial charge is 0.220 e. The first kappa shape index (κ1) is 17.4. The number of aliphatic hydroxyl groups is 1. The molecular weight excluding hydrogens is 312 g/mol. The maximum Gasteiger partial charge on any atom is 0.220 e. The minimum atomic E-state index is -0.757. The number of pyridine rings is 1. The first-order valence-electron chi connectivity index (χ1n) is 7.69. The van der Waals surface area contributed by atoms with Gasteiger partial charge in [-0.15, -0.1) is 0 Å². The molecule has 1 heterocycles. The lowest BCUT2D eigenvalue weighted by atomic mass is 10.0. The van der Waals surface area contributed by atoms with Gasteiger partial charge < -0.3 is 10.4 Å². The minimum Gasteiger partial charge on any atom is -0.386 e. The number of nitrogens with zero attached hydrogens (tertiary/aromatic N) is 1. The molecule has 2 atom stereocenters. The van der Waals surface area contributed by atoms with Crippen molar-refractivity contribution in [2.24, 2.45) is 0 Å². The number of aromatic nitrogens is 1. The third kappa shape index (κ3) is 5.66. The van der Waals surface area contributed by atoms with Gasteiger partial charge in [0, 0.05) is 23.3 Å². The van der Waals surface area contributed by atoms with E-state index in [9.17, 15) is 9.90 Å². The summed E-state index contributed by atoms with van der Waals surface area (Å²) in [4.78, 5) is 16.2. The number of aryl methyl sites for hydroxylation is 1. The van der Waals surface area contributed by atoms with Gasteiger partial charge >= 0.3 is 0 Å². The first-order chi connectivity index (χ1) is 11.1. The van der Waals surface area contributed by atoms with Crippen LogP contribution in [0.2, 0.25) is 5.02 Å². The Hall–Kier alpha value is -1.91. The average molecular weight is 333 g/mol. The van der Waals surface area contributed by atoms with Gasteiger partial charge in [0.2, 0.25) is 5.91 Å². The molecule has 0 bridgehead atoms. The van der Waals surface area contributed by atoms with E-state index in [0.29, 0.717) is 11.4 Å². The molecule has 1 aromatic carbocycles. The number of amides is 1. The Morgan fingerprint density at radius 3 is 2.65 bits per heavy atom. The fraction of sp³-hybridized carbons (Fsp3) is 0.333. The van der Waals surface area contributed by atoms with E-state index in [4.69, 9.17) is 11.6 Å². The zero-order valence-corrected chi connectivity index (χ0v) is 13.8. The van der Waals surface area contributed by atoms with Crippen molar-refractivity contribution < 1.29 is 9.90 Å². The number of halogens is 1. The molecule has 4 nitrogen and oxygen atoms in total. The molecule has 1 amide bonds. The molecule has 0 radical (unpaired) electrons. The summed E-state index contributed by atoms with van der Waals surface area (Å²) in [7, 11) is 0. The summed E-state index contributed by atoms with van der Waals surface area (Å²) in [6.07, 6.45) is 2.90. The highest BCUT2D eigenvalue weighted by Gasteiger charge is 2.18. The number of benzene rings is 1. The van der Waals surface area contributed by atoms with Gasteiger partial charge in [-0.3, -0.25) is 9.78 Å². The maximum atomic E-state index is 12.0. The number of carbonyl (C=O) groups is 1. The quantitative estimate of drug-likeness (QED) is 0.817. The summed E-state index contributed by atoms with van der Waals surface area (Å²) in [5.41, 5.74) is 1.71. The highest BCUT2D eigenvalue weighted by atomic mass is 35.5. The number of carbonyl (C=O) groups excluding carboxylic acids is 1. The Morgan fingerprint density at radius 2 is 2.00 bits per heavy atom. The second kappa shape index (κ2) is 8.65. The first-order valence-corrected chi connectivity index (χ1v) is 8.07. The molecule has 0 spiro atoms. The third-order valence-electron chi connectivity index (χ3n) is 3.64. The van der Waals surface area contributed by atoms with E-state index in [0.717, 1.165) is 24.1 Å². The summed E-state index contributed by atoms with van der Waals surface area (Å²) in [6, 6.07) is 12.4. The summed E-state index contributed by atoms with van der Waals surface area (Å²) in [5, 5.41) is 13.7. The number of nitrogens with one attached hydrogen (secondary N) is 1. The Labute approximate surface area is 141 Å². The van der Waals surface area contributed by atoms with Gasteiger partial charge in [-0.1, -0.05) is 29.8 Å². The van der Waals surface area contributed by atoms with E-state index in [1.54, 1.807) is 37.4 Å². The van der Waals surface area contributed by atoms with E-state index in [1.807, 2.05) is 18.2 Å². The summed E-state index contributed by atoms with van der Waals surface area (Å²) < 4.78 is 0. The zero-order valence-electron chi connectivity index (χ0n) is 13.1. The minimum absolute atomic E-state index is 0.0681. The van der Waals surface area contributed by atoms with Gasteiger partial charge in [-0.25, -0.2) is 0 Å². The van der Waals surface area contributed by atoms with E-state index in [2.05, 4.69) is 10.3 Å². The monoisotopic (exact) mass is 332 g/mol. The van der Waals surface area contributed by atoms with Crippen LogP contribution in [0.1, 0.15) is 37.1 Å².